The van der Waals surface area contributed by atoms with Gasteiger partial charge in [0, 0.05) is 37.2 Å². The number of rotatable bonds is 4. The van der Waals surface area contributed by atoms with Gasteiger partial charge in [-0.3, -0.25) is 9.98 Å². The Balaban J connectivity index is 1.64. The molecule has 2 N–H and O–H groups in total. The maximum Gasteiger partial charge on any atom is 0.433 e. The number of nitrogens with zero attached hydrogens (tertiary/aromatic N) is 3. The third kappa shape index (κ3) is 3.88. The number of sulfonamides is 1. The van der Waals surface area contributed by atoms with E-state index >= 15 is 0 Å². The second-order valence-electron chi connectivity index (χ2n) is 8.55. The van der Waals surface area contributed by atoms with Crippen LogP contribution in [0.1, 0.15) is 35.3 Å². The lowest BCUT2D eigenvalue weighted by Crippen LogP contribution is -2.38. The monoisotopic (exact) mass is 516 g/mol. The van der Waals surface area contributed by atoms with E-state index < -0.39 is 34.0 Å². The molecule has 3 aromatic rings. The lowest BCUT2D eigenvalue weighted by molar-refractivity contribution is -0.141. The molecule has 3 heterocycles. The van der Waals surface area contributed by atoms with Crippen LogP contribution in [0.15, 0.2) is 82.0 Å². The van der Waals surface area contributed by atoms with Crippen LogP contribution in [0.3, 0.4) is 0 Å². The standard InChI is InChI=1S/C25H20F4N4O2S/c1-31-13-20-21(30)11-22-18-8-4-15(14-2-5-16(26)6-3-14)10-19(18)24(20)33(22)36(34,35)17-7-9-23(32-12-17)25(27,28)29/h2-10,12-13,22,24H,11,30H2,1H3/b31-13-. The van der Waals surface area contributed by atoms with Crippen molar-refractivity contribution in [3.63, 3.8) is 0 Å². The number of pyridine rings is 1. The van der Waals surface area contributed by atoms with Crippen molar-refractivity contribution in [2.75, 3.05) is 7.05 Å². The van der Waals surface area contributed by atoms with E-state index in [1.807, 2.05) is 18.2 Å². The number of fused-ring (bicyclic) bond motifs is 5. The van der Waals surface area contributed by atoms with Crippen LogP contribution in [0.4, 0.5) is 17.6 Å². The second kappa shape index (κ2) is 8.52. The summed E-state index contributed by atoms with van der Waals surface area (Å²) in [4.78, 5) is 7.04. The number of hydrogen-bond acceptors (Lipinski definition) is 5. The molecule has 0 spiro atoms. The minimum Gasteiger partial charge on any atom is -0.402 e. The van der Waals surface area contributed by atoms with Gasteiger partial charge in [0.25, 0.3) is 0 Å². The SMILES string of the molecule is C/N=C\C1=C(N)CC2c3ccc(-c4ccc(F)cc4)cc3C1N2S(=O)(=O)c1ccc(C(F)(F)F)nc1. The number of hydrogen-bond donors (Lipinski definition) is 1. The van der Waals surface area contributed by atoms with Crippen molar-refractivity contribution in [2.45, 2.75) is 29.6 Å². The maximum atomic E-state index is 13.8. The first-order chi connectivity index (χ1) is 17.0. The van der Waals surface area contributed by atoms with E-state index in [0.717, 1.165) is 29.0 Å². The molecule has 0 radical (unpaired) electrons. The number of nitrogens with two attached hydrogens (primary N) is 1. The first kappa shape index (κ1) is 24.1. The number of aromatic nitrogens is 1. The summed E-state index contributed by atoms with van der Waals surface area (Å²) in [7, 11) is -2.75. The van der Waals surface area contributed by atoms with Gasteiger partial charge in [-0.05, 0) is 52.6 Å². The van der Waals surface area contributed by atoms with Crippen molar-refractivity contribution >= 4 is 16.2 Å². The van der Waals surface area contributed by atoms with E-state index in [-0.39, 0.29) is 17.1 Å². The summed E-state index contributed by atoms with van der Waals surface area (Å²) in [5.74, 6) is -0.379. The van der Waals surface area contributed by atoms with Crippen molar-refractivity contribution in [3.8, 4) is 11.1 Å². The summed E-state index contributed by atoms with van der Waals surface area (Å²) in [6.07, 6.45) is -2.28. The van der Waals surface area contributed by atoms with Gasteiger partial charge in [-0.1, -0.05) is 24.3 Å². The Morgan fingerprint density at radius 1 is 1.06 bits per heavy atom. The molecule has 0 saturated heterocycles. The summed E-state index contributed by atoms with van der Waals surface area (Å²) >= 11 is 0. The maximum absolute atomic E-state index is 13.8. The highest BCUT2D eigenvalue weighted by molar-refractivity contribution is 7.89. The van der Waals surface area contributed by atoms with Crippen LogP contribution in [0.25, 0.3) is 11.1 Å². The minimum atomic E-state index is -4.69. The quantitative estimate of drug-likeness (QED) is 0.390. The predicted octanol–water partition coefficient (Wildman–Crippen LogP) is 5.01. The van der Waals surface area contributed by atoms with Crippen molar-refractivity contribution in [1.29, 1.82) is 0 Å². The highest BCUT2D eigenvalue weighted by atomic mass is 32.2. The molecule has 6 nitrogen and oxygen atoms in total. The van der Waals surface area contributed by atoms with Crippen molar-refractivity contribution in [3.05, 3.63) is 94.7 Å². The minimum absolute atomic E-state index is 0.189. The molecule has 2 bridgehead atoms. The molecule has 2 aromatic carbocycles. The molecule has 0 saturated carbocycles. The zero-order chi connectivity index (χ0) is 25.8. The second-order valence-corrected chi connectivity index (χ2v) is 10.4. The predicted molar refractivity (Wildman–Crippen MR) is 126 cm³/mol. The van der Waals surface area contributed by atoms with E-state index in [0.29, 0.717) is 22.9 Å². The number of benzene rings is 2. The normalized spacial score (nSPS) is 20.2. The molecule has 2 aliphatic heterocycles. The fourth-order valence-corrected chi connectivity index (χ4v) is 6.52. The van der Waals surface area contributed by atoms with Crippen LogP contribution in [0, 0.1) is 5.82 Å². The molecule has 11 heteroatoms. The van der Waals surface area contributed by atoms with E-state index in [4.69, 9.17) is 5.73 Å². The first-order valence-corrected chi connectivity index (χ1v) is 12.3. The Hall–Kier alpha value is -3.57. The van der Waals surface area contributed by atoms with E-state index in [1.54, 1.807) is 12.1 Å². The molecule has 1 aromatic heterocycles. The zero-order valence-corrected chi connectivity index (χ0v) is 19.7. The molecule has 0 aliphatic carbocycles. The summed E-state index contributed by atoms with van der Waals surface area (Å²) in [6.45, 7) is 0. The Bertz CT molecular complexity index is 1500. The Labute approximate surface area is 204 Å². The number of halogens is 4. The highest BCUT2D eigenvalue weighted by Gasteiger charge is 2.50. The van der Waals surface area contributed by atoms with E-state index in [1.165, 1.54) is 29.7 Å². The molecule has 186 valence electrons. The Morgan fingerprint density at radius 2 is 1.75 bits per heavy atom. The Morgan fingerprint density at radius 3 is 2.36 bits per heavy atom. The van der Waals surface area contributed by atoms with Gasteiger partial charge in [0.2, 0.25) is 10.0 Å². The van der Waals surface area contributed by atoms with Crippen LogP contribution in [-0.4, -0.2) is 31.0 Å². The van der Waals surface area contributed by atoms with Crippen LogP contribution in [0.2, 0.25) is 0 Å². The molecule has 36 heavy (non-hydrogen) atoms. The summed E-state index contributed by atoms with van der Waals surface area (Å²) in [5, 5.41) is 0. The molecular weight excluding hydrogens is 496 g/mol. The van der Waals surface area contributed by atoms with Gasteiger partial charge >= 0.3 is 6.18 Å². The third-order valence-corrected chi connectivity index (χ3v) is 8.29. The first-order valence-electron chi connectivity index (χ1n) is 10.9. The summed E-state index contributed by atoms with van der Waals surface area (Å²) in [6, 6.07) is 11.5. The molecular formula is C25H20F4N4O2S. The van der Waals surface area contributed by atoms with E-state index in [9.17, 15) is 26.0 Å². The number of alkyl halides is 3. The lowest BCUT2D eigenvalue weighted by atomic mass is 9.95. The molecule has 2 unspecified atom stereocenters. The summed E-state index contributed by atoms with van der Waals surface area (Å²) in [5.41, 5.74) is 9.03. The van der Waals surface area contributed by atoms with Crippen LogP contribution in [-0.2, 0) is 16.2 Å². The van der Waals surface area contributed by atoms with Gasteiger partial charge in [0.05, 0.1) is 12.1 Å². The van der Waals surface area contributed by atoms with Crippen LogP contribution >= 0.6 is 0 Å². The lowest BCUT2D eigenvalue weighted by Gasteiger charge is -2.35. The largest absolute Gasteiger partial charge is 0.433 e. The molecule has 2 aliphatic rings. The summed E-state index contributed by atoms with van der Waals surface area (Å²) < 4.78 is 81.2. The third-order valence-electron chi connectivity index (χ3n) is 6.43. The van der Waals surface area contributed by atoms with Gasteiger partial charge in [-0.25, -0.2) is 12.8 Å². The molecule has 0 amide bonds. The fourth-order valence-electron chi connectivity index (χ4n) is 4.82. The van der Waals surface area contributed by atoms with Crippen molar-refractivity contribution < 1.29 is 26.0 Å². The van der Waals surface area contributed by atoms with Gasteiger partial charge < -0.3 is 5.73 Å². The molecule has 5 rings (SSSR count). The van der Waals surface area contributed by atoms with E-state index in [2.05, 4.69) is 9.98 Å². The number of aliphatic imine (C=N–C) groups is 1. The van der Waals surface area contributed by atoms with Crippen LogP contribution in [0.5, 0.6) is 0 Å². The topological polar surface area (TPSA) is 88.6 Å². The van der Waals surface area contributed by atoms with Gasteiger partial charge in [0.15, 0.2) is 0 Å². The average Bonchev–Trinajstić information content (AvgIpc) is 3.10. The van der Waals surface area contributed by atoms with Gasteiger partial charge in [-0.2, -0.15) is 17.5 Å². The van der Waals surface area contributed by atoms with Crippen molar-refractivity contribution in [1.82, 2.24) is 9.29 Å². The van der Waals surface area contributed by atoms with Crippen molar-refractivity contribution in [2.24, 2.45) is 10.7 Å². The van der Waals surface area contributed by atoms with Crippen LogP contribution < -0.4 is 5.73 Å². The highest BCUT2D eigenvalue weighted by Crippen LogP contribution is 2.54. The smallest absolute Gasteiger partial charge is 0.402 e. The Kier molecular flexibility index (Phi) is 5.72. The van der Waals surface area contributed by atoms with Gasteiger partial charge in [-0.15, -0.1) is 0 Å². The van der Waals surface area contributed by atoms with Gasteiger partial charge in [0.1, 0.15) is 16.4 Å². The molecule has 0 fully saturated rings. The zero-order valence-electron chi connectivity index (χ0n) is 18.9. The molecule has 2 atom stereocenters. The fraction of sp³-hybridized carbons (Fsp3) is 0.200. The average molecular weight is 517 g/mol.